The predicted molar refractivity (Wildman–Crippen MR) is 181 cm³/mol. The van der Waals surface area contributed by atoms with Gasteiger partial charge in [0.1, 0.15) is 31.4 Å². The molecule has 2 nitrogen and oxygen atoms in total. The van der Waals surface area contributed by atoms with Crippen LogP contribution < -0.4 is 27.3 Å². The Morgan fingerprint density at radius 1 is 0.564 bits per heavy atom. The summed E-state index contributed by atoms with van der Waals surface area (Å²) in [6.45, 7) is 8.48. The minimum Gasteiger partial charge on any atom is -0.399 e. The third-order valence-electron chi connectivity index (χ3n) is 9.40. The van der Waals surface area contributed by atoms with Crippen molar-refractivity contribution < 1.29 is 9.31 Å². The first-order valence-corrected chi connectivity index (χ1v) is 14.0. The van der Waals surface area contributed by atoms with Crippen LogP contribution in [0.3, 0.4) is 0 Å². The topological polar surface area (TPSA) is 18.5 Å². The molecule has 1 saturated heterocycles. The zero-order valence-corrected chi connectivity index (χ0v) is 24.4. The quantitative estimate of drug-likeness (QED) is 0.337. The van der Waals surface area contributed by atoms with Crippen LogP contribution in [0.5, 0.6) is 0 Å². The van der Waals surface area contributed by atoms with Crippen molar-refractivity contribution in [2.75, 3.05) is 0 Å². The second-order valence-corrected chi connectivity index (χ2v) is 12.2. The van der Waals surface area contributed by atoms with Crippen molar-refractivity contribution in [3.8, 4) is 22.3 Å². The molecule has 188 valence electrons. The summed E-state index contributed by atoms with van der Waals surface area (Å²) in [6.07, 6.45) is 0. The second kappa shape index (κ2) is 9.22. The molecule has 0 unspecified atom stereocenters. The molecule has 39 heavy (non-hydrogen) atoms. The number of hydrogen-bond donors (Lipinski definition) is 0. The Labute approximate surface area is 236 Å². The van der Waals surface area contributed by atoms with E-state index < -0.39 is 0 Å². The van der Waals surface area contributed by atoms with Crippen LogP contribution in [0.1, 0.15) is 27.7 Å². The van der Waals surface area contributed by atoms with Gasteiger partial charge in [-0.25, -0.2) is 0 Å². The van der Waals surface area contributed by atoms with Gasteiger partial charge in [0.25, 0.3) is 0 Å². The number of rotatable bonds is 3. The van der Waals surface area contributed by atoms with Gasteiger partial charge >= 0.3 is 7.12 Å². The first-order chi connectivity index (χ1) is 18.5. The van der Waals surface area contributed by atoms with Crippen LogP contribution >= 0.6 is 0 Å². The second-order valence-electron chi connectivity index (χ2n) is 12.2. The summed E-state index contributed by atoms with van der Waals surface area (Å²) in [5.41, 5.74) is 10.6. The Kier molecular flexibility index (Phi) is 6.17. The molecule has 0 bridgehead atoms. The van der Waals surface area contributed by atoms with E-state index in [1.54, 1.807) is 0 Å². The van der Waals surface area contributed by atoms with E-state index in [1.807, 2.05) is 0 Å². The van der Waals surface area contributed by atoms with E-state index in [-0.39, 0.29) is 18.3 Å². The van der Waals surface area contributed by atoms with Gasteiger partial charge < -0.3 is 9.31 Å². The molecule has 5 aromatic rings. The molecule has 0 atom stereocenters. The summed E-state index contributed by atoms with van der Waals surface area (Å²) in [6, 6.07) is 28.9. The number of hydrogen-bond acceptors (Lipinski definition) is 2. The molecule has 0 amide bonds. The molecule has 1 heterocycles. The largest absolute Gasteiger partial charge is 0.493 e. The van der Waals surface area contributed by atoms with Gasteiger partial charge in [0, 0.05) is 0 Å². The Bertz CT molecular complexity index is 1760. The lowest BCUT2D eigenvalue weighted by Gasteiger charge is -2.32. The normalized spacial score (nSPS) is 16.3. The van der Waals surface area contributed by atoms with E-state index in [0.717, 1.165) is 5.46 Å². The summed E-state index contributed by atoms with van der Waals surface area (Å²) in [4.78, 5) is 0. The van der Waals surface area contributed by atoms with Crippen LogP contribution in [0.4, 0.5) is 0 Å². The summed E-state index contributed by atoms with van der Waals surface area (Å²) in [5, 5.41) is 5.04. The predicted octanol–water partition coefficient (Wildman–Crippen LogP) is 0.660. The van der Waals surface area contributed by atoms with Gasteiger partial charge in [-0.1, -0.05) is 83.1 Å². The molecule has 1 fully saturated rings. The Morgan fingerprint density at radius 2 is 1.15 bits per heavy atom. The third-order valence-corrected chi connectivity index (χ3v) is 9.40. The molecule has 5 aromatic carbocycles. The lowest BCUT2D eigenvalue weighted by Crippen LogP contribution is -2.61. The highest BCUT2D eigenvalue weighted by Gasteiger charge is 2.52. The maximum atomic E-state index is 6.53. The fraction of sp³-hybridized carbons (Fsp3) is 0.188. The van der Waals surface area contributed by atoms with E-state index >= 15 is 0 Å². The average molecular weight is 504 g/mol. The molecule has 7 heteroatoms. The molecule has 6 rings (SSSR count). The van der Waals surface area contributed by atoms with E-state index in [0.29, 0.717) is 0 Å². The Balaban J connectivity index is 1.46. The van der Waals surface area contributed by atoms with Crippen LogP contribution in [0.2, 0.25) is 0 Å². The fourth-order valence-electron chi connectivity index (χ4n) is 6.16. The van der Waals surface area contributed by atoms with Crippen molar-refractivity contribution >= 4 is 87.4 Å². The summed E-state index contributed by atoms with van der Waals surface area (Å²) in [7, 11) is 8.51. The van der Waals surface area contributed by atoms with Gasteiger partial charge in [0.2, 0.25) is 0 Å². The van der Waals surface area contributed by atoms with Crippen molar-refractivity contribution in [2.45, 2.75) is 38.9 Å². The lowest BCUT2D eigenvalue weighted by molar-refractivity contribution is 0.00578. The van der Waals surface area contributed by atoms with Gasteiger partial charge in [-0.15, -0.1) is 5.46 Å². The van der Waals surface area contributed by atoms with Crippen LogP contribution in [0.25, 0.3) is 43.8 Å². The average Bonchev–Trinajstić information content (AvgIpc) is 3.12. The van der Waals surface area contributed by atoms with Crippen LogP contribution in [-0.4, -0.2) is 49.7 Å². The first-order valence-electron chi connectivity index (χ1n) is 14.0. The molecule has 1 aliphatic heterocycles. The molecule has 0 radical (unpaired) electrons. The van der Waals surface area contributed by atoms with Crippen LogP contribution in [-0.2, 0) is 9.31 Å². The lowest BCUT2D eigenvalue weighted by atomic mass is 9.56. The third kappa shape index (κ3) is 4.18. The van der Waals surface area contributed by atoms with E-state index in [4.69, 9.17) is 9.31 Å². The summed E-state index contributed by atoms with van der Waals surface area (Å²) < 4.78 is 13.1. The van der Waals surface area contributed by atoms with Crippen molar-refractivity contribution in [3.63, 3.8) is 0 Å². The number of fused-ring (bicyclic) bond motifs is 2. The zero-order chi connectivity index (χ0) is 27.7. The van der Waals surface area contributed by atoms with Gasteiger partial charge in [0.15, 0.2) is 0 Å². The standard InChI is InChI=1S/C32H33B5O2/c1-31(2)32(3,4)39-37(38-31)30-27(34)25(26(33)28(35)29(30)36)22-15-13-19-16-21(14-12-20(19)17-22)24-11-7-9-18-8-5-6-10-23(18)24/h5-17H,33-36H2,1-4H3. The molecule has 0 saturated carbocycles. The highest BCUT2D eigenvalue weighted by atomic mass is 16.7. The molecule has 0 spiro atoms. The summed E-state index contributed by atoms with van der Waals surface area (Å²) in [5.74, 6) is 0. The molecule has 0 aliphatic carbocycles. The van der Waals surface area contributed by atoms with E-state index in [1.165, 1.54) is 65.6 Å². The smallest absolute Gasteiger partial charge is 0.399 e. The highest BCUT2D eigenvalue weighted by Crippen LogP contribution is 2.36. The fourth-order valence-corrected chi connectivity index (χ4v) is 6.16. The van der Waals surface area contributed by atoms with E-state index in [9.17, 15) is 0 Å². The van der Waals surface area contributed by atoms with Crippen molar-refractivity contribution in [1.29, 1.82) is 0 Å². The van der Waals surface area contributed by atoms with Crippen molar-refractivity contribution in [3.05, 3.63) is 78.9 Å². The number of benzene rings is 5. The monoisotopic (exact) mass is 504 g/mol. The minimum atomic E-state index is -0.378. The zero-order valence-electron chi connectivity index (χ0n) is 24.4. The van der Waals surface area contributed by atoms with Crippen molar-refractivity contribution in [1.82, 2.24) is 0 Å². The molecule has 1 aliphatic rings. The molecular formula is C32H33B5O2. The Hall–Kier alpha value is -3.14. The van der Waals surface area contributed by atoms with Gasteiger partial charge in [-0.2, -0.15) is 0 Å². The first kappa shape index (κ1) is 26.1. The SMILES string of the molecule is Bc1c(B)c(B2OC(C)(C)C(C)(C)O2)c(B)c(-c2ccc3cc(-c4cccc5ccccc45)ccc3c2)c1B. The van der Waals surface area contributed by atoms with Crippen LogP contribution in [0.15, 0.2) is 78.9 Å². The maximum Gasteiger partial charge on any atom is 0.493 e. The van der Waals surface area contributed by atoms with E-state index in [2.05, 4.69) is 138 Å². The Morgan fingerprint density at radius 3 is 1.85 bits per heavy atom. The summed E-state index contributed by atoms with van der Waals surface area (Å²) >= 11 is 0. The van der Waals surface area contributed by atoms with Gasteiger partial charge in [-0.3, -0.25) is 0 Å². The molecular weight excluding hydrogens is 470 g/mol. The maximum absolute atomic E-state index is 6.53. The highest BCUT2D eigenvalue weighted by molar-refractivity contribution is 6.77. The van der Waals surface area contributed by atoms with Crippen molar-refractivity contribution in [2.24, 2.45) is 0 Å². The molecule has 0 N–H and O–H groups in total. The minimum absolute atomic E-state index is 0.375. The molecule has 0 aromatic heterocycles. The van der Waals surface area contributed by atoms with Gasteiger partial charge in [0.05, 0.1) is 11.2 Å². The van der Waals surface area contributed by atoms with Crippen LogP contribution in [0, 0.1) is 0 Å². The van der Waals surface area contributed by atoms with Gasteiger partial charge in [-0.05, 0) is 89.1 Å².